The molecule has 0 aliphatic carbocycles. The van der Waals surface area contributed by atoms with Gasteiger partial charge in [0.15, 0.2) is 0 Å². The number of benzene rings is 8. The molecule has 3 heterocycles. The molecule has 0 amide bonds. The summed E-state index contributed by atoms with van der Waals surface area (Å²) in [5, 5.41) is 36.9. The van der Waals surface area contributed by atoms with Gasteiger partial charge in [0.25, 0.3) is 0 Å². The Kier molecular flexibility index (Phi) is 6.95. The second-order valence-corrected chi connectivity index (χ2v) is 14.2. The molecule has 0 aliphatic heterocycles. The smallest absolute Gasteiger partial charge is 0.101 e. The van der Waals surface area contributed by atoms with Gasteiger partial charge in [-0.05, 0) is 72.8 Å². The van der Waals surface area contributed by atoms with Gasteiger partial charge in [0.05, 0.1) is 79.0 Å². The molecule has 0 atom stereocenters. The topological polar surface area (TPSA) is 86.2 Å². The molecule has 0 aliphatic rings. The second kappa shape index (κ2) is 12.3. The molecule has 0 bridgehead atoms. The van der Waals surface area contributed by atoms with E-state index in [-0.39, 0.29) is 0 Å². The van der Waals surface area contributed by atoms with Crippen molar-refractivity contribution < 1.29 is 0 Å². The first-order valence-electron chi connectivity index (χ1n) is 18.7. The van der Waals surface area contributed by atoms with Crippen LogP contribution in [0.25, 0.3) is 93.6 Å². The summed E-state index contributed by atoms with van der Waals surface area (Å²) >= 11 is 0. The highest BCUT2D eigenvalue weighted by Gasteiger charge is 2.24. The molecule has 8 aromatic carbocycles. The van der Waals surface area contributed by atoms with Gasteiger partial charge in [0.1, 0.15) is 6.07 Å². The SMILES string of the molecule is N#Cc1ccc2c(c1)c1cc(C#N)ccc1n2-c1c(C#N)cccc1-c1ccccc1-n1c2ccccc2c2cccc(-n3c4ccccc4c4ccccc43)c21. The molecule has 0 unspecified atom stereocenters. The Morgan fingerprint density at radius 1 is 0.333 bits per heavy atom. The summed E-state index contributed by atoms with van der Waals surface area (Å²) in [6, 6.07) is 64.9. The quantitative estimate of drug-likeness (QED) is 0.181. The standard InChI is InChI=1S/C51H28N6/c52-29-32-23-25-47-41(27-32)42-28-33(30-53)24-26-48(42)56(47)50-34(31-54)11-9-16-39(50)37-14-3-7-20-45(37)57-46-21-8-4-15-38(46)40-17-10-22-49(51(40)57)55-43-18-5-1-12-35(43)36-13-2-6-19-44(36)55/h1-28H. The molecule has 0 radical (unpaired) electrons. The minimum Gasteiger partial charge on any atom is -0.307 e. The molecule has 6 nitrogen and oxygen atoms in total. The maximum Gasteiger partial charge on any atom is 0.101 e. The Morgan fingerprint density at radius 2 is 0.807 bits per heavy atom. The second-order valence-electron chi connectivity index (χ2n) is 14.2. The Hall–Kier alpha value is -8.37. The fraction of sp³-hybridized carbons (Fsp3) is 0. The van der Waals surface area contributed by atoms with E-state index in [1.807, 2.05) is 42.5 Å². The van der Waals surface area contributed by atoms with Gasteiger partial charge in [-0.1, -0.05) is 97.1 Å². The van der Waals surface area contributed by atoms with Crippen LogP contribution in [0, 0.1) is 34.0 Å². The van der Waals surface area contributed by atoms with Crippen molar-refractivity contribution in [1.82, 2.24) is 13.7 Å². The minimum absolute atomic E-state index is 0.503. The predicted octanol–water partition coefficient (Wildman–Crippen LogP) is 12.3. The van der Waals surface area contributed by atoms with Crippen molar-refractivity contribution >= 4 is 65.4 Å². The van der Waals surface area contributed by atoms with Gasteiger partial charge >= 0.3 is 0 Å². The monoisotopic (exact) mass is 724 g/mol. The van der Waals surface area contributed by atoms with Gasteiger partial charge in [-0.15, -0.1) is 0 Å². The third-order valence-corrected chi connectivity index (χ3v) is 11.3. The van der Waals surface area contributed by atoms with Crippen molar-refractivity contribution in [1.29, 1.82) is 15.8 Å². The summed E-state index contributed by atoms with van der Waals surface area (Å²) in [6.07, 6.45) is 0. The molecule has 0 N–H and O–H groups in total. The zero-order chi connectivity index (χ0) is 38.2. The van der Waals surface area contributed by atoms with Gasteiger partial charge in [-0.25, -0.2) is 0 Å². The van der Waals surface area contributed by atoms with Crippen LogP contribution < -0.4 is 0 Å². The van der Waals surface area contributed by atoms with Crippen LogP contribution in [0.1, 0.15) is 16.7 Å². The van der Waals surface area contributed by atoms with Crippen molar-refractivity contribution in [2.45, 2.75) is 0 Å². The molecule has 262 valence electrons. The number of hydrogen-bond donors (Lipinski definition) is 0. The number of rotatable bonds is 4. The van der Waals surface area contributed by atoms with Gasteiger partial charge in [-0.3, -0.25) is 0 Å². The first-order chi connectivity index (χ1) is 28.2. The Bertz CT molecular complexity index is 3500. The fourth-order valence-electron chi connectivity index (χ4n) is 9.00. The maximum absolute atomic E-state index is 10.8. The lowest BCUT2D eigenvalue weighted by Gasteiger charge is -2.20. The van der Waals surface area contributed by atoms with E-state index in [4.69, 9.17) is 0 Å². The van der Waals surface area contributed by atoms with E-state index in [0.29, 0.717) is 16.7 Å². The van der Waals surface area contributed by atoms with Crippen LogP contribution in [0.5, 0.6) is 0 Å². The lowest BCUT2D eigenvalue weighted by molar-refractivity contribution is 1.13. The summed E-state index contributed by atoms with van der Waals surface area (Å²) in [4.78, 5) is 0. The Labute approximate surface area is 326 Å². The number of aromatic nitrogens is 3. The zero-order valence-electron chi connectivity index (χ0n) is 30.3. The number of nitrogens with zero attached hydrogens (tertiary/aromatic N) is 6. The van der Waals surface area contributed by atoms with Crippen molar-refractivity contribution in [2.24, 2.45) is 0 Å². The van der Waals surface area contributed by atoms with E-state index in [1.165, 1.54) is 10.8 Å². The molecule has 6 heteroatoms. The van der Waals surface area contributed by atoms with Gasteiger partial charge < -0.3 is 13.7 Å². The van der Waals surface area contributed by atoms with E-state index in [2.05, 4.69) is 147 Å². The van der Waals surface area contributed by atoms with Crippen LogP contribution in [0.4, 0.5) is 0 Å². The first kappa shape index (κ1) is 32.1. The van der Waals surface area contributed by atoms with Crippen LogP contribution in [0.2, 0.25) is 0 Å². The lowest BCUT2D eigenvalue weighted by Crippen LogP contribution is -2.05. The fourth-order valence-corrected chi connectivity index (χ4v) is 9.00. The Morgan fingerprint density at radius 3 is 1.42 bits per heavy atom. The molecular weight excluding hydrogens is 697 g/mol. The molecule has 11 aromatic rings. The molecule has 0 saturated heterocycles. The molecule has 0 spiro atoms. The average Bonchev–Trinajstić information content (AvgIpc) is 3.91. The molecule has 3 aromatic heterocycles. The predicted molar refractivity (Wildman–Crippen MR) is 229 cm³/mol. The van der Waals surface area contributed by atoms with E-state index in [0.717, 1.165) is 82.8 Å². The van der Waals surface area contributed by atoms with Crippen molar-refractivity contribution in [2.75, 3.05) is 0 Å². The largest absolute Gasteiger partial charge is 0.307 e. The van der Waals surface area contributed by atoms with Gasteiger partial charge in [0, 0.05) is 43.4 Å². The van der Waals surface area contributed by atoms with Crippen LogP contribution >= 0.6 is 0 Å². The number of nitriles is 3. The van der Waals surface area contributed by atoms with Crippen LogP contribution in [0.15, 0.2) is 170 Å². The summed E-state index contributed by atoms with van der Waals surface area (Å²) in [6.45, 7) is 0. The summed E-state index contributed by atoms with van der Waals surface area (Å²) < 4.78 is 6.88. The highest BCUT2D eigenvalue weighted by atomic mass is 15.1. The lowest BCUT2D eigenvalue weighted by atomic mass is 9.98. The van der Waals surface area contributed by atoms with Crippen molar-refractivity contribution in [3.05, 3.63) is 187 Å². The van der Waals surface area contributed by atoms with Crippen LogP contribution in [-0.4, -0.2) is 13.7 Å². The molecule has 0 fully saturated rings. The summed E-state index contributed by atoms with van der Waals surface area (Å²) in [7, 11) is 0. The number of hydrogen-bond acceptors (Lipinski definition) is 3. The first-order valence-corrected chi connectivity index (χ1v) is 18.7. The minimum atomic E-state index is 0.503. The average molecular weight is 725 g/mol. The van der Waals surface area contributed by atoms with E-state index in [9.17, 15) is 15.8 Å². The third-order valence-electron chi connectivity index (χ3n) is 11.3. The van der Waals surface area contributed by atoms with Crippen molar-refractivity contribution in [3.8, 4) is 46.4 Å². The van der Waals surface area contributed by atoms with E-state index >= 15 is 0 Å². The molecule has 0 saturated carbocycles. The zero-order valence-corrected chi connectivity index (χ0v) is 30.3. The van der Waals surface area contributed by atoms with Gasteiger partial charge in [-0.2, -0.15) is 15.8 Å². The summed E-state index contributed by atoms with van der Waals surface area (Å²) in [5.41, 5.74) is 12.2. The maximum atomic E-state index is 10.8. The summed E-state index contributed by atoms with van der Waals surface area (Å²) in [5.74, 6) is 0. The van der Waals surface area contributed by atoms with Crippen LogP contribution in [-0.2, 0) is 0 Å². The van der Waals surface area contributed by atoms with E-state index < -0.39 is 0 Å². The van der Waals surface area contributed by atoms with Crippen molar-refractivity contribution in [3.63, 3.8) is 0 Å². The molecule has 11 rings (SSSR count). The molecule has 57 heavy (non-hydrogen) atoms. The highest BCUT2D eigenvalue weighted by molar-refractivity contribution is 6.16. The molecular formula is C51H28N6. The van der Waals surface area contributed by atoms with Crippen LogP contribution in [0.3, 0.4) is 0 Å². The number of fused-ring (bicyclic) bond motifs is 9. The van der Waals surface area contributed by atoms with Gasteiger partial charge in [0.2, 0.25) is 0 Å². The number of para-hydroxylation sites is 6. The Balaban J connectivity index is 1.26. The van der Waals surface area contributed by atoms with E-state index in [1.54, 1.807) is 12.1 Å². The normalized spacial score (nSPS) is 11.5. The third kappa shape index (κ3) is 4.55. The highest BCUT2D eigenvalue weighted by Crippen LogP contribution is 2.44.